The molecule has 0 atom stereocenters. The number of aliphatic imine (C=N–C) groups is 1. The van der Waals surface area contributed by atoms with Gasteiger partial charge in [-0.05, 0) is 81.0 Å². The highest BCUT2D eigenvalue weighted by Crippen LogP contribution is 2.67. The molecule has 2 saturated carbocycles. The topological polar surface area (TPSA) is 115 Å². The highest BCUT2D eigenvalue weighted by molar-refractivity contribution is 7.93. The molecule has 6 rings (SSSR count). The van der Waals surface area contributed by atoms with Gasteiger partial charge >= 0.3 is 0 Å². The summed E-state index contributed by atoms with van der Waals surface area (Å²) >= 11 is 0. The number of hydrogen-bond acceptors (Lipinski definition) is 8. The van der Waals surface area contributed by atoms with Crippen LogP contribution in [0.3, 0.4) is 0 Å². The quantitative estimate of drug-likeness (QED) is 0.182. The van der Waals surface area contributed by atoms with Crippen LogP contribution in [0.4, 0.5) is 5.82 Å². The van der Waals surface area contributed by atoms with E-state index in [-0.39, 0.29) is 30.0 Å². The fourth-order valence-electron chi connectivity index (χ4n) is 6.92. The lowest BCUT2D eigenvalue weighted by molar-refractivity contribution is -0.137. The monoisotopic (exact) mass is 648 g/mol. The van der Waals surface area contributed by atoms with Crippen LogP contribution in [-0.4, -0.2) is 56.2 Å². The summed E-state index contributed by atoms with van der Waals surface area (Å²) in [6.07, 6.45) is 6.97. The van der Waals surface area contributed by atoms with Crippen LogP contribution in [-0.2, 0) is 37.4 Å². The Labute approximate surface area is 271 Å². The number of methoxy groups -OCH3 is 1. The number of anilines is 1. The van der Waals surface area contributed by atoms with E-state index in [4.69, 9.17) is 19.0 Å². The first-order chi connectivity index (χ1) is 22.1. The van der Waals surface area contributed by atoms with Crippen molar-refractivity contribution in [3.05, 3.63) is 64.9 Å². The van der Waals surface area contributed by atoms with Crippen molar-refractivity contribution in [1.82, 2.24) is 10.1 Å². The van der Waals surface area contributed by atoms with E-state index >= 15 is 0 Å². The summed E-state index contributed by atoms with van der Waals surface area (Å²) in [6.45, 7) is 8.56. The van der Waals surface area contributed by atoms with Crippen LogP contribution in [0.5, 0.6) is 0 Å². The molecule has 0 unspecified atom stereocenters. The van der Waals surface area contributed by atoms with Gasteiger partial charge in [-0.25, -0.2) is 12.7 Å². The molecule has 2 fully saturated rings. The first kappa shape index (κ1) is 32.4. The van der Waals surface area contributed by atoms with Gasteiger partial charge in [-0.15, -0.1) is 0 Å². The Balaban J connectivity index is 1.35. The van der Waals surface area contributed by atoms with Crippen LogP contribution in [0.1, 0.15) is 81.2 Å². The van der Waals surface area contributed by atoms with Crippen molar-refractivity contribution >= 4 is 27.6 Å². The minimum Gasteiger partial charge on any atom is -0.377 e. The maximum absolute atomic E-state index is 14.3. The second kappa shape index (κ2) is 12.6. The Morgan fingerprint density at radius 1 is 1.07 bits per heavy atom. The van der Waals surface area contributed by atoms with E-state index in [1.165, 1.54) is 20.0 Å². The smallest absolute Gasteiger partial charge is 0.268 e. The number of ether oxygens (including phenoxy) is 2. The lowest BCUT2D eigenvalue weighted by Gasteiger charge is -2.42. The molecule has 2 aliphatic carbocycles. The minimum absolute atomic E-state index is 0.113. The highest BCUT2D eigenvalue weighted by atomic mass is 32.2. The van der Waals surface area contributed by atoms with Gasteiger partial charge < -0.3 is 14.0 Å². The van der Waals surface area contributed by atoms with Crippen molar-refractivity contribution in [2.24, 2.45) is 10.4 Å². The fraction of sp³-hybridized carbons (Fsp3) is 0.514. The molecule has 0 N–H and O–H groups in total. The van der Waals surface area contributed by atoms with Crippen molar-refractivity contribution in [3.63, 3.8) is 0 Å². The van der Waals surface area contributed by atoms with Gasteiger partial charge in [-0.3, -0.25) is 14.7 Å². The van der Waals surface area contributed by atoms with Gasteiger partial charge in [0.2, 0.25) is 0 Å². The van der Waals surface area contributed by atoms with Gasteiger partial charge in [0.1, 0.15) is 23.9 Å². The summed E-state index contributed by atoms with van der Waals surface area (Å²) in [5, 5.41) is 4.04. The maximum Gasteiger partial charge on any atom is 0.268 e. The van der Waals surface area contributed by atoms with Gasteiger partial charge in [0.25, 0.3) is 15.9 Å². The zero-order valence-electron chi connectivity index (χ0n) is 27.5. The molecular formula is C35H44N4O6S. The Morgan fingerprint density at radius 3 is 2.48 bits per heavy atom. The summed E-state index contributed by atoms with van der Waals surface area (Å²) in [5.41, 5.74) is 3.46. The number of hydrogen-bond donors (Lipinski definition) is 0. The zero-order valence-corrected chi connectivity index (χ0v) is 28.3. The van der Waals surface area contributed by atoms with E-state index in [0.29, 0.717) is 35.5 Å². The Hall–Kier alpha value is -3.54. The average molecular weight is 649 g/mol. The van der Waals surface area contributed by atoms with Gasteiger partial charge in [0.05, 0.1) is 18.0 Å². The third-order valence-electron chi connectivity index (χ3n) is 9.68. The molecular weight excluding hydrogens is 604 g/mol. The van der Waals surface area contributed by atoms with Gasteiger partial charge in [0, 0.05) is 31.3 Å². The second-order valence-corrected chi connectivity index (χ2v) is 14.8. The SMILES string of the molecule is CCCCC1=NC2(CC3(CC3)C2)C(=O)N1Cc1ccc(-c2ccccc2S(=O)(=O)N(COC)c2noc(C)c2C)c(COCC)c1. The number of amidine groups is 1. The van der Waals surface area contributed by atoms with Crippen molar-refractivity contribution < 1.29 is 27.2 Å². The number of rotatable bonds is 14. The third kappa shape index (κ3) is 5.77. The number of amides is 1. The molecule has 0 bridgehead atoms. The van der Waals surface area contributed by atoms with Crippen LogP contribution in [0, 0.1) is 19.3 Å². The van der Waals surface area contributed by atoms with Crippen LogP contribution in [0.25, 0.3) is 11.1 Å². The molecule has 2 aromatic carbocycles. The Kier molecular flexibility index (Phi) is 8.86. The highest BCUT2D eigenvalue weighted by Gasteiger charge is 2.67. The standard InChI is InChI=1S/C35H44N4O6S/c1-6-8-13-31-36-35(21-34(22-35)16-17-34)33(40)38(31)19-26-14-15-28(27(18-26)20-44-7-2)29-11-9-10-12-30(29)46(41,42)39(23-43-5)32-24(3)25(4)45-37-32/h9-12,14-15,18H,6-8,13,16-17,19-23H2,1-5H3. The van der Waals surface area contributed by atoms with Crippen LogP contribution < -0.4 is 4.31 Å². The number of nitrogens with zero attached hydrogens (tertiary/aromatic N) is 4. The molecule has 10 nitrogen and oxygen atoms in total. The van der Waals surface area contributed by atoms with Crippen molar-refractivity contribution in [2.75, 3.05) is 24.8 Å². The Morgan fingerprint density at radius 2 is 1.83 bits per heavy atom. The number of unbranched alkanes of at least 4 members (excludes halogenated alkanes) is 1. The van der Waals surface area contributed by atoms with E-state index in [1.807, 2.05) is 36.1 Å². The largest absolute Gasteiger partial charge is 0.377 e. The summed E-state index contributed by atoms with van der Waals surface area (Å²) < 4.78 is 46.2. The third-order valence-corrected chi connectivity index (χ3v) is 11.4. The van der Waals surface area contributed by atoms with E-state index in [0.717, 1.165) is 58.9 Å². The molecule has 2 heterocycles. The summed E-state index contributed by atoms with van der Waals surface area (Å²) in [7, 11) is -2.69. The van der Waals surface area contributed by atoms with Crippen LogP contribution in [0.2, 0.25) is 0 Å². The van der Waals surface area contributed by atoms with E-state index in [2.05, 4.69) is 12.1 Å². The van der Waals surface area contributed by atoms with E-state index < -0.39 is 15.6 Å². The minimum atomic E-state index is -4.13. The average Bonchev–Trinajstić information content (AvgIpc) is 3.69. The predicted molar refractivity (Wildman–Crippen MR) is 176 cm³/mol. The van der Waals surface area contributed by atoms with Gasteiger partial charge in [-0.1, -0.05) is 54.9 Å². The second-order valence-electron chi connectivity index (χ2n) is 13.0. The van der Waals surface area contributed by atoms with Gasteiger partial charge in [0.15, 0.2) is 5.82 Å². The maximum atomic E-state index is 14.3. The van der Waals surface area contributed by atoms with Crippen LogP contribution in [0.15, 0.2) is 56.9 Å². The molecule has 46 heavy (non-hydrogen) atoms. The first-order valence-corrected chi connectivity index (χ1v) is 17.7. The molecule has 11 heteroatoms. The van der Waals surface area contributed by atoms with Crippen molar-refractivity contribution in [2.45, 2.75) is 96.2 Å². The zero-order chi connectivity index (χ0) is 32.7. The molecule has 1 aliphatic heterocycles. The Bertz CT molecular complexity index is 1750. The molecule has 1 amide bonds. The number of benzene rings is 2. The molecule has 2 spiro atoms. The van der Waals surface area contributed by atoms with Crippen molar-refractivity contribution in [1.29, 1.82) is 0 Å². The lowest BCUT2D eigenvalue weighted by atomic mass is 9.65. The molecule has 0 radical (unpaired) electrons. The molecule has 3 aliphatic rings. The van der Waals surface area contributed by atoms with E-state index in [9.17, 15) is 13.2 Å². The summed E-state index contributed by atoms with van der Waals surface area (Å²) in [5.74, 6) is 1.74. The number of aromatic nitrogens is 1. The fourth-order valence-corrected chi connectivity index (χ4v) is 8.50. The lowest BCUT2D eigenvalue weighted by Crippen LogP contribution is -2.51. The first-order valence-electron chi connectivity index (χ1n) is 16.2. The number of carbonyl (C=O) groups is 1. The number of aryl methyl sites for hydroxylation is 1. The number of sulfonamides is 1. The van der Waals surface area contributed by atoms with Crippen molar-refractivity contribution in [3.8, 4) is 11.1 Å². The van der Waals surface area contributed by atoms with Crippen LogP contribution >= 0.6 is 0 Å². The number of carbonyl (C=O) groups excluding carboxylic acids is 1. The normalized spacial score (nSPS) is 17.9. The molecule has 3 aromatic rings. The predicted octanol–water partition coefficient (Wildman–Crippen LogP) is 6.54. The molecule has 1 aromatic heterocycles. The molecule has 0 saturated heterocycles. The molecule has 246 valence electrons. The van der Waals surface area contributed by atoms with Gasteiger partial charge in [-0.2, -0.15) is 0 Å². The summed E-state index contributed by atoms with van der Waals surface area (Å²) in [6, 6.07) is 12.9. The van der Waals surface area contributed by atoms with E-state index in [1.54, 1.807) is 32.0 Å². The summed E-state index contributed by atoms with van der Waals surface area (Å²) in [4.78, 5) is 20.9.